The molecule has 20 heavy (non-hydrogen) atoms. The number of aryl methyl sites for hydroxylation is 1. The van der Waals surface area contributed by atoms with E-state index in [2.05, 4.69) is 4.98 Å². The predicted octanol–water partition coefficient (Wildman–Crippen LogP) is 2.86. The Morgan fingerprint density at radius 3 is 2.55 bits per heavy atom. The number of ether oxygens (including phenoxy) is 2. The van der Waals surface area contributed by atoms with Crippen molar-refractivity contribution in [2.75, 3.05) is 6.61 Å². The Hall–Kier alpha value is -2.07. The maximum absolute atomic E-state index is 9.51. The fourth-order valence-corrected chi connectivity index (χ4v) is 1.92. The zero-order valence-electron chi connectivity index (χ0n) is 11.8. The third-order valence-electron chi connectivity index (χ3n) is 2.85. The van der Waals surface area contributed by atoms with Crippen LogP contribution in [0.3, 0.4) is 0 Å². The summed E-state index contributed by atoms with van der Waals surface area (Å²) in [5.74, 6) is 1.06. The van der Waals surface area contributed by atoms with Crippen LogP contribution >= 0.6 is 0 Å². The van der Waals surface area contributed by atoms with E-state index in [4.69, 9.17) is 9.47 Å². The molecule has 0 bridgehead atoms. The molecule has 1 aromatic carbocycles. The normalized spacial score (nSPS) is 10.3. The molecule has 0 radical (unpaired) electrons. The molecule has 2 rings (SSSR count). The van der Waals surface area contributed by atoms with Gasteiger partial charge in [0.15, 0.2) is 0 Å². The molecule has 0 atom stereocenters. The maximum Gasteiger partial charge on any atom is 0.223 e. The number of hydrogen-bond donors (Lipinski definition) is 1. The number of aromatic nitrogens is 1. The molecule has 0 fully saturated rings. The number of benzene rings is 1. The van der Waals surface area contributed by atoms with Gasteiger partial charge in [-0.25, -0.2) is 4.98 Å². The molecule has 0 unspecified atom stereocenters. The molecule has 0 aliphatic heterocycles. The van der Waals surface area contributed by atoms with Gasteiger partial charge in [0.1, 0.15) is 12.4 Å². The molecule has 0 saturated carbocycles. The Morgan fingerprint density at radius 1 is 1.15 bits per heavy atom. The quantitative estimate of drug-likeness (QED) is 0.879. The molecule has 4 heteroatoms. The first-order valence-corrected chi connectivity index (χ1v) is 6.65. The summed E-state index contributed by atoms with van der Waals surface area (Å²) < 4.78 is 11.3. The molecule has 106 valence electrons. The summed E-state index contributed by atoms with van der Waals surface area (Å²) in [6, 6.07) is 11.7. The second-order valence-corrected chi connectivity index (χ2v) is 4.41. The minimum Gasteiger partial charge on any atom is -0.493 e. The molecule has 0 amide bonds. The van der Waals surface area contributed by atoms with Gasteiger partial charge in [-0.2, -0.15) is 0 Å². The minimum absolute atomic E-state index is 0.160. The molecule has 1 N–H and O–H groups in total. The van der Waals surface area contributed by atoms with Crippen molar-refractivity contribution in [2.24, 2.45) is 0 Å². The van der Waals surface area contributed by atoms with Gasteiger partial charge in [0, 0.05) is 11.8 Å². The Labute approximate surface area is 119 Å². The Balaban J connectivity index is 2.21. The number of aliphatic hydroxyl groups excluding tert-OH is 1. The van der Waals surface area contributed by atoms with Crippen molar-refractivity contribution in [2.45, 2.75) is 27.1 Å². The number of hydrogen-bond acceptors (Lipinski definition) is 4. The van der Waals surface area contributed by atoms with Crippen molar-refractivity contribution in [3.8, 4) is 11.6 Å². The highest BCUT2D eigenvalue weighted by Gasteiger charge is 2.13. The zero-order valence-corrected chi connectivity index (χ0v) is 11.8. The molecule has 1 heterocycles. The van der Waals surface area contributed by atoms with Crippen molar-refractivity contribution in [1.29, 1.82) is 0 Å². The van der Waals surface area contributed by atoms with Crippen molar-refractivity contribution < 1.29 is 14.6 Å². The van der Waals surface area contributed by atoms with Gasteiger partial charge in [0.25, 0.3) is 0 Å². The first-order valence-electron chi connectivity index (χ1n) is 6.65. The topological polar surface area (TPSA) is 51.6 Å². The van der Waals surface area contributed by atoms with Crippen molar-refractivity contribution in [3.05, 3.63) is 53.2 Å². The van der Waals surface area contributed by atoms with Crippen LogP contribution in [0.5, 0.6) is 11.6 Å². The molecular formula is C16H19NO3. The molecule has 0 saturated heterocycles. The van der Waals surface area contributed by atoms with Crippen LogP contribution in [0.4, 0.5) is 0 Å². The first kappa shape index (κ1) is 14.3. The average molecular weight is 273 g/mol. The van der Waals surface area contributed by atoms with Gasteiger partial charge in [-0.05, 0) is 19.4 Å². The second kappa shape index (κ2) is 6.91. The fourth-order valence-electron chi connectivity index (χ4n) is 1.92. The summed E-state index contributed by atoms with van der Waals surface area (Å²) in [5.41, 5.74) is 2.44. The van der Waals surface area contributed by atoms with Crippen LogP contribution in [-0.4, -0.2) is 16.7 Å². The van der Waals surface area contributed by atoms with Crippen LogP contribution in [0.25, 0.3) is 0 Å². The van der Waals surface area contributed by atoms with E-state index < -0.39 is 0 Å². The molecule has 0 aliphatic carbocycles. The highest BCUT2D eigenvalue weighted by Crippen LogP contribution is 2.28. The molecular weight excluding hydrogens is 254 g/mol. The van der Waals surface area contributed by atoms with Gasteiger partial charge >= 0.3 is 0 Å². The Morgan fingerprint density at radius 2 is 1.90 bits per heavy atom. The zero-order chi connectivity index (χ0) is 14.4. The Bertz CT molecular complexity index is 555. The molecule has 0 aliphatic rings. The van der Waals surface area contributed by atoms with E-state index in [-0.39, 0.29) is 6.61 Å². The summed E-state index contributed by atoms with van der Waals surface area (Å²) in [7, 11) is 0. The van der Waals surface area contributed by atoms with E-state index in [0.29, 0.717) is 30.4 Å². The van der Waals surface area contributed by atoms with E-state index in [1.165, 1.54) is 0 Å². The summed E-state index contributed by atoms with van der Waals surface area (Å²) in [4.78, 5) is 4.34. The smallest absolute Gasteiger partial charge is 0.223 e. The van der Waals surface area contributed by atoms with Crippen molar-refractivity contribution in [1.82, 2.24) is 4.98 Å². The van der Waals surface area contributed by atoms with Crippen molar-refractivity contribution >= 4 is 0 Å². The second-order valence-electron chi connectivity index (χ2n) is 4.41. The fraction of sp³-hybridized carbons (Fsp3) is 0.312. The summed E-state index contributed by atoms with van der Waals surface area (Å²) in [6.07, 6.45) is 0. The first-order chi connectivity index (χ1) is 9.74. The molecule has 4 nitrogen and oxygen atoms in total. The third-order valence-corrected chi connectivity index (χ3v) is 2.85. The lowest BCUT2D eigenvalue weighted by Crippen LogP contribution is -2.05. The van der Waals surface area contributed by atoms with Crippen molar-refractivity contribution in [3.63, 3.8) is 0 Å². The maximum atomic E-state index is 9.51. The minimum atomic E-state index is -0.160. The highest BCUT2D eigenvalue weighted by atomic mass is 16.5. The van der Waals surface area contributed by atoms with E-state index in [0.717, 1.165) is 11.3 Å². The van der Waals surface area contributed by atoms with Crippen LogP contribution in [0.15, 0.2) is 36.4 Å². The van der Waals surface area contributed by atoms with Crippen LogP contribution in [-0.2, 0) is 13.2 Å². The lowest BCUT2D eigenvalue weighted by molar-refractivity contribution is 0.240. The number of nitrogens with zero attached hydrogens (tertiary/aromatic N) is 1. The number of aliphatic hydroxyl groups is 1. The van der Waals surface area contributed by atoms with Gasteiger partial charge in [0.2, 0.25) is 5.88 Å². The monoisotopic (exact) mass is 273 g/mol. The molecule has 2 aromatic rings. The van der Waals surface area contributed by atoms with Gasteiger partial charge < -0.3 is 14.6 Å². The third kappa shape index (κ3) is 3.48. The van der Waals surface area contributed by atoms with Gasteiger partial charge in [-0.1, -0.05) is 30.3 Å². The molecule has 1 aromatic heterocycles. The predicted molar refractivity (Wildman–Crippen MR) is 76.8 cm³/mol. The average Bonchev–Trinajstić information content (AvgIpc) is 2.46. The summed E-state index contributed by atoms with van der Waals surface area (Å²) in [5, 5.41) is 9.51. The molecule has 0 spiro atoms. The van der Waals surface area contributed by atoms with E-state index in [1.54, 1.807) is 0 Å². The van der Waals surface area contributed by atoms with Gasteiger partial charge in [-0.15, -0.1) is 0 Å². The number of rotatable bonds is 6. The largest absolute Gasteiger partial charge is 0.493 e. The standard InChI is InChI=1S/C16H19NO3/c1-3-19-15-9-12(2)17-16(14(15)10-18)20-11-13-7-5-4-6-8-13/h4-9,18H,3,10-11H2,1-2H3. The van der Waals surface area contributed by atoms with Gasteiger partial charge in [-0.3, -0.25) is 0 Å². The van der Waals surface area contributed by atoms with Crippen LogP contribution in [0, 0.1) is 6.92 Å². The van der Waals surface area contributed by atoms with E-state index in [9.17, 15) is 5.11 Å². The van der Waals surface area contributed by atoms with Crippen LogP contribution in [0.1, 0.15) is 23.7 Å². The lowest BCUT2D eigenvalue weighted by Gasteiger charge is -2.14. The SMILES string of the molecule is CCOc1cc(C)nc(OCc2ccccc2)c1CO. The van der Waals surface area contributed by atoms with Crippen LogP contribution in [0.2, 0.25) is 0 Å². The number of pyridine rings is 1. The lowest BCUT2D eigenvalue weighted by atomic mass is 10.2. The summed E-state index contributed by atoms with van der Waals surface area (Å²) in [6.45, 7) is 4.57. The highest BCUT2D eigenvalue weighted by molar-refractivity contribution is 5.41. The van der Waals surface area contributed by atoms with Crippen LogP contribution < -0.4 is 9.47 Å². The van der Waals surface area contributed by atoms with E-state index in [1.807, 2.05) is 50.2 Å². The van der Waals surface area contributed by atoms with Gasteiger partial charge in [0.05, 0.1) is 18.8 Å². The summed E-state index contributed by atoms with van der Waals surface area (Å²) >= 11 is 0. The Kier molecular flexibility index (Phi) is 4.96. The van der Waals surface area contributed by atoms with E-state index >= 15 is 0 Å².